The predicted molar refractivity (Wildman–Crippen MR) is 145 cm³/mol. The van der Waals surface area contributed by atoms with Crippen LogP contribution in [0.15, 0.2) is 5.11 Å². The van der Waals surface area contributed by atoms with Crippen molar-refractivity contribution >= 4 is 15.9 Å². The van der Waals surface area contributed by atoms with Gasteiger partial charge in [-0.05, 0) is 0 Å². The largest absolute Gasteiger partial charge is 0.378 e. The van der Waals surface area contributed by atoms with Crippen LogP contribution in [-0.2, 0) is 52.1 Å². The molecule has 1 N–H and O–H groups in total. The van der Waals surface area contributed by atoms with E-state index >= 15 is 0 Å². The maximum Gasteiger partial charge on any atom is 0.214 e. The number of nitrogens with zero attached hydrogens (tertiary/aromatic N) is 2. The number of halogens is 1. The summed E-state index contributed by atoms with van der Waals surface area (Å²) >= 11 is 3.30. The Kier molecular flexibility index (Phi) is 36.7. The van der Waals surface area contributed by atoms with Gasteiger partial charge >= 0.3 is 0 Å². The molecule has 0 bridgehead atoms. The van der Waals surface area contributed by atoms with Crippen molar-refractivity contribution in [1.82, 2.24) is 4.91 Å². The quantitative estimate of drug-likeness (QED) is 0.0462. The van der Waals surface area contributed by atoms with Gasteiger partial charge in [-0.1, -0.05) is 15.9 Å². The monoisotopic (exact) mass is 634 g/mol. The van der Waals surface area contributed by atoms with Crippen LogP contribution in [0.1, 0.15) is 0 Å². The molecule has 0 rings (SSSR count). The third kappa shape index (κ3) is 37.4. The summed E-state index contributed by atoms with van der Waals surface area (Å²) in [6.45, 7) is 11.9. The molecular formula is C24H49BrN3O11+. The molecule has 15 heteroatoms. The minimum Gasteiger partial charge on any atom is -0.378 e. The van der Waals surface area contributed by atoms with E-state index in [-0.39, 0.29) is 0 Å². The molecule has 0 aromatic heterocycles. The molecule has 0 amide bonds. The van der Waals surface area contributed by atoms with E-state index in [1.165, 1.54) is 0 Å². The highest BCUT2D eigenvalue weighted by Crippen LogP contribution is 1.87. The van der Waals surface area contributed by atoms with Crippen LogP contribution in [0.3, 0.4) is 0 Å². The van der Waals surface area contributed by atoms with Crippen molar-refractivity contribution < 1.29 is 52.1 Å². The zero-order valence-corrected chi connectivity index (χ0v) is 24.8. The smallest absolute Gasteiger partial charge is 0.214 e. The summed E-state index contributed by atoms with van der Waals surface area (Å²) < 4.78 is 59.3. The van der Waals surface area contributed by atoms with Gasteiger partial charge in [0.25, 0.3) is 0 Å². The summed E-state index contributed by atoms with van der Waals surface area (Å²) in [5, 5.41) is 4.32. The summed E-state index contributed by atoms with van der Waals surface area (Å²) in [6.07, 6.45) is 0. The fraction of sp³-hybridized carbons (Fsp3) is 1.00. The molecule has 0 atom stereocenters. The molecule has 0 spiro atoms. The van der Waals surface area contributed by atoms with E-state index in [4.69, 9.17) is 57.6 Å². The molecule has 0 aromatic carbocycles. The Balaban J connectivity index is 3.02. The highest BCUT2D eigenvalue weighted by atomic mass is 79.9. The van der Waals surface area contributed by atoms with Crippen molar-refractivity contribution in [2.45, 2.75) is 0 Å². The van der Waals surface area contributed by atoms with Gasteiger partial charge in [0.05, 0.1) is 145 Å². The van der Waals surface area contributed by atoms with Crippen LogP contribution < -0.4 is 4.91 Å². The second-order valence-corrected chi connectivity index (χ2v) is 8.18. The molecular weight excluding hydrogens is 586 g/mol. The zero-order valence-electron chi connectivity index (χ0n) is 23.2. The summed E-state index contributed by atoms with van der Waals surface area (Å²) in [5.41, 5.74) is 6.50. The number of nitrogens with one attached hydrogen (secondary N) is 1. The number of alkyl halides is 1. The van der Waals surface area contributed by atoms with Crippen LogP contribution >= 0.6 is 15.9 Å². The van der Waals surface area contributed by atoms with Crippen molar-refractivity contribution in [2.75, 3.05) is 157 Å². The third-order valence-electron chi connectivity index (χ3n) is 4.35. The fourth-order valence-electron chi connectivity index (χ4n) is 2.51. The van der Waals surface area contributed by atoms with Gasteiger partial charge in [0.15, 0.2) is 0 Å². The van der Waals surface area contributed by atoms with Gasteiger partial charge in [0.1, 0.15) is 17.2 Å². The molecule has 14 nitrogen and oxygen atoms in total. The first-order chi connectivity index (χ1) is 19.4. The van der Waals surface area contributed by atoms with E-state index in [1.807, 2.05) is 0 Å². The van der Waals surface area contributed by atoms with Crippen molar-refractivity contribution in [3.05, 3.63) is 0 Å². The first kappa shape index (κ1) is 38.4. The van der Waals surface area contributed by atoms with E-state index in [0.29, 0.717) is 152 Å². The summed E-state index contributed by atoms with van der Waals surface area (Å²) in [4.78, 5) is 2.89. The van der Waals surface area contributed by atoms with Crippen LogP contribution in [0.4, 0.5) is 0 Å². The van der Waals surface area contributed by atoms with Gasteiger partial charge in [-0.15, -0.1) is 0 Å². The number of rotatable bonds is 35. The maximum atomic E-state index is 6.50. The molecule has 0 unspecified atom stereocenters. The molecule has 0 aliphatic heterocycles. The lowest BCUT2D eigenvalue weighted by Crippen LogP contribution is -2.15. The molecule has 232 valence electrons. The standard InChI is InChI=1S/C24H49BrN3O11/c25-1-3-29-5-7-31-9-11-33-13-15-35-17-19-37-21-23-39-24-22-38-20-18-36-16-14-34-12-10-32-8-6-30-4-2-27-28-26/h26H,1-24H2/q+1. The van der Waals surface area contributed by atoms with E-state index in [9.17, 15) is 0 Å². The van der Waals surface area contributed by atoms with Crippen LogP contribution in [0.25, 0.3) is 0 Å². The number of hydrogen-bond donors (Lipinski definition) is 1. The zero-order chi connectivity index (χ0) is 28.2. The molecule has 0 saturated carbocycles. The Morgan fingerprint density at radius 2 is 0.564 bits per heavy atom. The lowest BCUT2D eigenvalue weighted by molar-refractivity contribution is -0.0273. The molecule has 0 radical (unpaired) electrons. The summed E-state index contributed by atoms with van der Waals surface area (Å²) in [5.74, 6) is 0. The van der Waals surface area contributed by atoms with Crippen molar-refractivity contribution in [1.29, 1.82) is 5.53 Å². The highest BCUT2D eigenvalue weighted by molar-refractivity contribution is 9.09. The number of hydrogen-bond acceptors (Lipinski definition) is 13. The van der Waals surface area contributed by atoms with Crippen molar-refractivity contribution in [2.24, 2.45) is 5.11 Å². The van der Waals surface area contributed by atoms with E-state index in [1.54, 1.807) is 0 Å². The maximum absolute atomic E-state index is 6.50. The fourth-order valence-corrected chi connectivity index (χ4v) is 2.74. The Bertz CT molecular complexity index is 510. The molecule has 0 aliphatic rings. The molecule has 0 heterocycles. The lowest BCUT2D eigenvalue weighted by atomic mass is 10.6. The first-order valence-corrected chi connectivity index (χ1v) is 14.5. The second kappa shape index (κ2) is 37.4. The van der Waals surface area contributed by atoms with E-state index in [0.717, 1.165) is 5.33 Å². The third-order valence-corrected chi connectivity index (χ3v) is 4.67. The first-order valence-electron chi connectivity index (χ1n) is 13.4. The van der Waals surface area contributed by atoms with E-state index in [2.05, 4.69) is 26.0 Å². The van der Waals surface area contributed by atoms with Crippen LogP contribution in [0.5, 0.6) is 0 Å². The van der Waals surface area contributed by atoms with Gasteiger partial charge in [-0.3, -0.25) is 0 Å². The molecule has 0 aromatic rings. The average molecular weight is 636 g/mol. The van der Waals surface area contributed by atoms with Gasteiger partial charge in [0, 0.05) is 5.33 Å². The molecule has 0 aliphatic carbocycles. The van der Waals surface area contributed by atoms with Crippen molar-refractivity contribution in [3.8, 4) is 0 Å². The topological polar surface area (TPSA) is 152 Å². The van der Waals surface area contributed by atoms with Gasteiger partial charge in [-0.2, -0.15) is 0 Å². The lowest BCUT2D eigenvalue weighted by Gasteiger charge is -2.09. The van der Waals surface area contributed by atoms with Crippen LogP contribution in [0.2, 0.25) is 0 Å². The summed E-state index contributed by atoms with van der Waals surface area (Å²) in [6, 6.07) is 0. The van der Waals surface area contributed by atoms with Crippen molar-refractivity contribution in [3.63, 3.8) is 0 Å². The Morgan fingerprint density at radius 1 is 0.359 bits per heavy atom. The average Bonchev–Trinajstić information content (AvgIpc) is 2.95. The van der Waals surface area contributed by atoms with E-state index < -0.39 is 0 Å². The highest BCUT2D eigenvalue weighted by Gasteiger charge is 1.96. The summed E-state index contributed by atoms with van der Waals surface area (Å²) in [7, 11) is 0. The molecule has 0 fully saturated rings. The normalized spacial score (nSPS) is 11.2. The number of ether oxygens (including phenoxy) is 11. The predicted octanol–water partition coefficient (Wildman–Crippen LogP) is 1.11. The molecule has 39 heavy (non-hydrogen) atoms. The minimum atomic E-state index is 0.392. The SMILES string of the molecule is N=[N+]=NCCOCCOCCOCCOCCOCCOCCOCCOCCOCCOCCOCCBr. The van der Waals surface area contributed by atoms with Gasteiger partial charge in [0.2, 0.25) is 4.91 Å². The minimum absolute atomic E-state index is 0.392. The Labute approximate surface area is 240 Å². The second-order valence-electron chi connectivity index (χ2n) is 7.39. The Morgan fingerprint density at radius 3 is 0.769 bits per heavy atom. The van der Waals surface area contributed by atoms with Gasteiger partial charge < -0.3 is 52.1 Å². The van der Waals surface area contributed by atoms with Crippen LogP contribution in [0, 0.1) is 5.53 Å². The Hall–Kier alpha value is -0.650. The molecule has 0 saturated heterocycles. The van der Waals surface area contributed by atoms with Gasteiger partial charge in [-0.25, -0.2) is 0 Å². The van der Waals surface area contributed by atoms with Crippen LogP contribution in [-0.4, -0.2) is 157 Å².